The second-order valence-corrected chi connectivity index (χ2v) is 5.02. The summed E-state index contributed by atoms with van der Waals surface area (Å²) in [5, 5.41) is 22.5. The summed E-state index contributed by atoms with van der Waals surface area (Å²) in [5.41, 5.74) is 0.628. The van der Waals surface area contributed by atoms with Gasteiger partial charge < -0.3 is 24.7 Å². The number of amides is 1. The predicted octanol–water partition coefficient (Wildman–Crippen LogP) is 1.37. The van der Waals surface area contributed by atoms with Crippen LogP contribution in [0.3, 0.4) is 0 Å². The van der Waals surface area contributed by atoms with Crippen LogP contribution in [0.1, 0.15) is 5.56 Å². The normalized spacial score (nSPS) is 10.5. The van der Waals surface area contributed by atoms with Crippen molar-refractivity contribution in [2.24, 2.45) is 0 Å². The fourth-order valence-electron chi connectivity index (χ4n) is 2.11. The fourth-order valence-corrected chi connectivity index (χ4v) is 2.11. The summed E-state index contributed by atoms with van der Waals surface area (Å²) < 4.78 is 10.3. The van der Waals surface area contributed by atoms with Gasteiger partial charge in [-0.15, -0.1) is 0 Å². The smallest absolute Gasteiger partial charge is 0.266 e. The highest BCUT2D eigenvalue weighted by molar-refractivity contribution is 6.10. The Labute approximate surface area is 150 Å². The van der Waals surface area contributed by atoms with E-state index in [4.69, 9.17) is 9.47 Å². The quantitative estimate of drug-likeness (QED) is 0.596. The molecule has 26 heavy (non-hydrogen) atoms. The maximum atomic E-state index is 12.4. The fraction of sp³-hybridized carbons (Fsp3) is 0.105. The third-order valence-electron chi connectivity index (χ3n) is 3.28. The lowest BCUT2D eigenvalue weighted by Gasteiger charge is -2.11. The Bertz CT molecular complexity index is 883. The van der Waals surface area contributed by atoms with Crippen molar-refractivity contribution in [2.45, 2.75) is 0 Å². The molecule has 0 fully saturated rings. The minimum Gasteiger partial charge on any atom is -0.546 e. The molecular formula is C19H15N2O5-. The maximum absolute atomic E-state index is 12.4. The lowest BCUT2D eigenvalue weighted by atomic mass is 10.1. The third-order valence-corrected chi connectivity index (χ3v) is 3.28. The molecule has 0 bridgehead atoms. The summed E-state index contributed by atoms with van der Waals surface area (Å²) in [6.07, 6.45) is 1.31. The minimum atomic E-state index is -1.38. The molecule has 0 atom stereocenters. The molecule has 0 radical (unpaired) electrons. The molecule has 2 rings (SSSR count). The number of benzene rings is 2. The first-order chi connectivity index (χ1) is 12.5. The van der Waals surface area contributed by atoms with E-state index in [2.05, 4.69) is 5.32 Å². The van der Waals surface area contributed by atoms with Crippen molar-refractivity contribution < 1.29 is 24.2 Å². The number of anilines is 1. The van der Waals surface area contributed by atoms with Crippen LogP contribution in [-0.2, 0) is 9.59 Å². The van der Waals surface area contributed by atoms with Crippen molar-refractivity contribution in [1.29, 1.82) is 5.26 Å². The van der Waals surface area contributed by atoms with Crippen LogP contribution in [0, 0.1) is 11.3 Å². The van der Waals surface area contributed by atoms with Crippen LogP contribution < -0.4 is 19.9 Å². The first-order valence-electron chi connectivity index (χ1n) is 7.53. The second kappa shape index (κ2) is 8.89. The standard InChI is InChI=1S/C19H16N2O5/c1-25-17-9-5-3-7-15(17)21-19(24)14(11-20)10-13-6-2-4-8-16(13)26-12-18(22)23/h2-10H,12H2,1H3,(H,21,24)(H,22,23)/p-1/b14-10+. The van der Waals surface area contributed by atoms with E-state index < -0.39 is 18.5 Å². The van der Waals surface area contributed by atoms with Gasteiger partial charge in [0.15, 0.2) is 0 Å². The van der Waals surface area contributed by atoms with Gasteiger partial charge in [0.05, 0.1) is 18.8 Å². The van der Waals surface area contributed by atoms with Gasteiger partial charge in [0, 0.05) is 5.56 Å². The number of para-hydroxylation sites is 3. The van der Waals surface area contributed by atoms with Gasteiger partial charge in [0.2, 0.25) is 0 Å². The average Bonchev–Trinajstić information content (AvgIpc) is 2.65. The largest absolute Gasteiger partial charge is 0.546 e. The topological polar surface area (TPSA) is 111 Å². The molecule has 2 aromatic rings. The van der Waals surface area contributed by atoms with Crippen LogP contribution in [0.2, 0.25) is 0 Å². The molecule has 0 aliphatic heterocycles. The lowest BCUT2D eigenvalue weighted by Crippen LogP contribution is -2.29. The van der Waals surface area contributed by atoms with E-state index in [1.807, 2.05) is 6.07 Å². The van der Waals surface area contributed by atoms with Crippen molar-refractivity contribution in [3.63, 3.8) is 0 Å². The first kappa shape index (κ1) is 18.5. The minimum absolute atomic E-state index is 0.180. The van der Waals surface area contributed by atoms with E-state index in [1.165, 1.54) is 19.3 Å². The zero-order chi connectivity index (χ0) is 18.9. The Morgan fingerprint density at radius 2 is 1.81 bits per heavy atom. The van der Waals surface area contributed by atoms with Crippen LogP contribution in [-0.4, -0.2) is 25.6 Å². The zero-order valence-electron chi connectivity index (χ0n) is 13.9. The highest BCUT2D eigenvalue weighted by atomic mass is 16.5. The number of aliphatic carboxylic acids is 1. The van der Waals surface area contributed by atoms with Crippen LogP contribution in [0.25, 0.3) is 6.08 Å². The number of ether oxygens (including phenoxy) is 2. The Hall–Kier alpha value is -3.79. The van der Waals surface area contributed by atoms with E-state index in [9.17, 15) is 20.0 Å². The number of carboxylic acid groups (broad SMARTS) is 1. The predicted molar refractivity (Wildman–Crippen MR) is 92.2 cm³/mol. The molecule has 0 unspecified atom stereocenters. The summed E-state index contributed by atoms with van der Waals surface area (Å²) in [4.78, 5) is 22.9. The molecule has 0 aliphatic rings. The number of methoxy groups -OCH3 is 1. The molecule has 1 amide bonds. The second-order valence-electron chi connectivity index (χ2n) is 5.02. The SMILES string of the molecule is COc1ccccc1NC(=O)/C(C#N)=C/c1ccccc1OCC(=O)[O-]. The number of nitrogens with one attached hydrogen (secondary N) is 1. The Morgan fingerprint density at radius 3 is 2.46 bits per heavy atom. The van der Waals surface area contributed by atoms with Crippen LogP contribution in [0.15, 0.2) is 54.1 Å². The van der Waals surface area contributed by atoms with E-state index >= 15 is 0 Å². The Morgan fingerprint density at radius 1 is 1.15 bits per heavy atom. The first-order valence-corrected chi connectivity index (χ1v) is 7.53. The monoisotopic (exact) mass is 351 g/mol. The summed E-state index contributed by atoms with van der Waals surface area (Å²) in [6.45, 7) is -0.639. The molecule has 1 N–H and O–H groups in total. The van der Waals surface area contributed by atoms with Crippen molar-refractivity contribution in [3.05, 3.63) is 59.7 Å². The van der Waals surface area contributed by atoms with Crippen LogP contribution in [0.4, 0.5) is 5.69 Å². The Kier molecular flexibility index (Phi) is 6.34. The molecular weight excluding hydrogens is 336 g/mol. The highest BCUT2D eigenvalue weighted by Crippen LogP contribution is 2.25. The summed E-state index contributed by atoms with van der Waals surface area (Å²) in [5.74, 6) is -1.34. The van der Waals surface area contributed by atoms with E-state index in [0.717, 1.165) is 0 Å². The molecule has 7 heteroatoms. The molecule has 0 aliphatic carbocycles. The third kappa shape index (κ3) is 4.85. The van der Waals surface area contributed by atoms with Gasteiger partial charge in [-0.25, -0.2) is 0 Å². The molecule has 0 heterocycles. The Balaban J connectivity index is 2.26. The van der Waals surface area contributed by atoms with Crippen molar-refractivity contribution in [2.75, 3.05) is 19.0 Å². The number of carbonyl (C=O) groups excluding carboxylic acids is 2. The number of nitriles is 1. The maximum Gasteiger partial charge on any atom is 0.266 e. The molecule has 0 spiro atoms. The van der Waals surface area contributed by atoms with E-state index in [-0.39, 0.29) is 11.3 Å². The van der Waals surface area contributed by atoms with Gasteiger partial charge in [0.25, 0.3) is 5.91 Å². The molecule has 0 saturated carbocycles. The van der Waals surface area contributed by atoms with Gasteiger partial charge in [0.1, 0.15) is 29.7 Å². The van der Waals surface area contributed by atoms with Gasteiger partial charge in [-0.3, -0.25) is 4.79 Å². The summed E-state index contributed by atoms with van der Waals surface area (Å²) in [6, 6.07) is 15.0. The van der Waals surface area contributed by atoms with Crippen LogP contribution in [0.5, 0.6) is 11.5 Å². The zero-order valence-corrected chi connectivity index (χ0v) is 13.9. The van der Waals surface area contributed by atoms with Crippen molar-refractivity contribution >= 4 is 23.6 Å². The van der Waals surface area contributed by atoms with Gasteiger partial charge >= 0.3 is 0 Å². The van der Waals surface area contributed by atoms with Crippen molar-refractivity contribution in [3.8, 4) is 17.6 Å². The molecule has 2 aromatic carbocycles. The highest BCUT2D eigenvalue weighted by Gasteiger charge is 2.13. The number of carbonyl (C=O) groups is 2. The number of rotatable bonds is 7. The van der Waals surface area contributed by atoms with E-state index in [0.29, 0.717) is 17.0 Å². The summed E-state index contributed by atoms with van der Waals surface area (Å²) >= 11 is 0. The molecule has 0 saturated heterocycles. The number of hydrogen-bond acceptors (Lipinski definition) is 6. The van der Waals surface area contributed by atoms with E-state index in [1.54, 1.807) is 42.5 Å². The molecule has 7 nitrogen and oxygen atoms in total. The number of hydrogen-bond donors (Lipinski definition) is 1. The lowest BCUT2D eigenvalue weighted by molar-refractivity contribution is -0.307. The number of nitrogens with zero attached hydrogens (tertiary/aromatic N) is 1. The van der Waals surface area contributed by atoms with Crippen LogP contribution >= 0.6 is 0 Å². The summed E-state index contributed by atoms with van der Waals surface area (Å²) in [7, 11) is 1.47. The van der Waals surface area contributed by atoms with Gasteiger partial charge in [-0.2, -0.15) is 5.26 Å². The van der Waals surface area contributed by atoms with Gasteiger partial charge in [-0.1, -0.05) is 30.3 Å². The number of carboxylic acids is 1. The molecule has 0 aromatic heterocycles. The van der Waals surface area contributed by atoms with Gasteiger partial charge in [-0.05, 0) is 24.3 Å². The van der Waals surface area contributed by atoms with Crippen molar-refractivity contribution in [1.82, 2.24) is 0 Å². The molecule has 132 valence electrons. The average molecular weight is 351 g/mol.